The van der Waals surface area contributed by atoms with Gasteiger partial charge in [0.15, 0.2) is 0 Å². The summed E-state index contributed by atoms with van der Waals surface area (Å²) in [5.41, 5.74) is 6.06. The Balaban J connectivity index is 1.56. The Morgan fingerprint density at radius 1 is 1.03 bits per heavy atom. The molecule has 0 atom stereocenters. The van der Waals surface area contributed by atoms with Crippen LogP contribution < -0.4 is 15.0 Å². The van der Waals surface area contributed by atoms with Crippen LogP contribution in [0, 0.1) is 20.8 Å². The Morgan fingerprint density at radius 2 is 1.77 bits per heavy atom. The monoisotopic (exact) mass is 417 g/mol. The van der Waals surface area contributed by atoms with Crippen LogP contribution in [-0.2, 0) is 4.79 Å². The number of aryl methyl sites for hydroxylation is 2. The van der Waals surface area contributed by atoms with Crippen molar-refractivity contribution in [1.82, 2.24) is 4.57 Å². The van der Waals surface area contributed by atoms with Crippen LogP contribution in [0.5, 0.6) is 5.75 Å². The quantitative estimate of drug-likeness (QED) is 0.649. The molecule has 0 bridgehead atoms. The molecule has 1 aliphatic heterocycles. The minimum absolute atomic E-state index is 0.155. The minimum Gasteiger partial charge on any atom is -0.497 e. The summed E-state index contributed by atoms with van der Waals surface area (Å²) in [6, 6.07) is 15.3. The lowest BCUT2D eigenvalue weighted by Gasteiger charge is -2.19. The highest BCUT2D eigenvalue weighted by molar-refractivity contribution is 6.05. The van der Waals surface area contributed by atoms with Crippen LogP contribution in [0.1, 0.15) is 40.2 Å². The van der Waals surface area contributed by atoms with Crippen molar-refractivity contribution in [2.45, 2.75) is 33.6 Å². The van der Waals surface area contributed by atoms with E-state index in [4.69, 9.17) is 4.74 Å². The van der Waals surface area contributed by atoms with E-state index in [1.54, 1.807) is 7.11 Å². The second-order valence-corrected chi connectivity index (χ2v) is 7.92. The summed E-state index contributed by atoms with van der Waals surface area (Å²) in [4.78, 5) is 26.9. The van der Waals surface area contributed by atoms with Gasteiger partial charge < -0.3 is 19.5 Å². The zero-order valence-electron chi connectivity index (χ0n) is 18.4. The van der Waals surface area contributed by atoms with Gasteiger partial charge in [-0.1, -0.05) is 0 Å². The molecule has 3 aromatic rings. The summed E-state index contributed by atoms with van der Waals surface area (Å²) in [6.45, 7) is 6.65. The third kappa shape index (κ3) is 3.93. The Kier molecular flexibility index (Phi) is 5.55. The summed E-state index contributed by atoms with van der Waals surface area (Å²) < 4.78 is 7.29. The van der Waals surface area contributed by atoms with Crippen molar-refractivity contribution < 1.29 is 14.3 Å². The number of hydrogen-bond donors (Lipinski definition) is 1. The van der Waals surface area contributed by atoms with Gasteiger partial charge in [0.25, 0.3) is 5.91 Å². The van der Waals surface area contributed by atoms with Crippen LogP contribution in [0.15, 0.2) is 48.5 Å². The molecule has 0 radical (unpaired) electrons. The first-order valence-corrected chi connectivity index (χ1v) is 10.4. The molecule has 1 aliphatic rings. The van der Waals surface area contributed by atoms with Gasteiger partial charge in [-0.05, 0) is 81.3 Å². The number of nitrogens with zero attached hydrogens (tertiary/aromatic N) is 2. The van der Waals surface area contributed by atoms with Crippen LogP contribution in [0.3, 0.4) is 0 Å². The van der Waals surface area contributed by atoms with Crippen molar-refractivity contribution in [2.75, 3.05) is 23.9 Å². The number of anilines is 2. The van der Waals surface area contributed by atoms with Gasteiger partial charge in [0, 0.05) is 41.4 Å². The number of aromatic nitrogens is 1. The number of ether oxygens (including phenoxy) is 1. The molecule has 0 aliphatic carbocycles. The highest BCUT2D eigenvalue weighted by atomic mass is 16.5. The standard InChI is InChI=1S/C25H27N3O3/c1-16-14-19(7-12-23(16)27-13-5-6-24(27)29)26-25(30)22-15-17(2)28(18(22)3)20-8-10-21(31-4)11-9-20/h7-12,14-15H,5-6,13H2,1-4H3,(H,26,30). The number of nitrogens with one attached hydrogen (secondary N) is 1. The normalized spacial score (nSPS) is 13.5. The molecule has 2 aromatic carbocycles. The van der Waals surface area contributed by atoms with Gasteiger partial charge in [-0.2, -0.15) is 0 Å². The molecule has 0 spiro atoms. The molecule has 2 amide bonds. The molecule has 4 rings (SSSR count). The number of benzene rings is 2. The van der Waals surface area contributed by atoms with E-state index in [1.165, 1.54) is 0 Å². The number of hydrogen-bond acceptors (Lipinski definition) is 3. The molecule has 1 N–H and O–H groups in total. The zero-order chi connectivity index (χ0) is 22.1. The van der Waals surface area contributed by atoms with Crippen LogP contribution in [0.25, 0.3) is 5.69 Å². The average Bonchev–Trinajstić information content (AvgIpc) is 3.30. The third-order valence-corrected chi connectivity index (χ3v) is 5.83. The Bertz CT molecular complexity index is 1150. The fraction of sp³-hybridized carbons (Fsp3) is 0.280. The van der Waals surface area contributed by atoms with Crippen molar-refractivity contribution in [3.8, 4) is 11.4 Å². The highest BCUT2D eigenvalue weighted by Gasteiger charge is 2.23. The molecule has 1 fully saturated rings. The number of carbonyl (C=O) groups is 2. The van der Waals surface area contributed by atoms with Crippen molar-refractivity contribution in [3.05, 3.63) is 71.0 Å². The molecular formula is C25H27N3O3. The van der Waals surface area contributed by atoms with Crippen LogP contribution in [0.2, 0.25) is 0 Å². The maximum absolute atomic E-state index is 13.0. The maximum Gasteiger partial charge on any atom is 0.257 e. The SMILES string of the molecule is COc1ccc(-n2c(C)cc(C(=O)Nc3ccc(N4CCCC4=O)c(C)c3)c2C)cc1. The molecule has 31 heavy (non-hydrogen) atoms. The maximum atomic E-state index is 13.0. The summed E-state index contributed by atoms with van der Waals surface area (Å²) in [5.74, 6) is 0.793. The van der Waals surface area contributed by atoms with Crippen LogP contribution in [-0.4, -0.2) is 30.0 Å². The predicted octanol–water partition coefficient (Wildman–Crippen LogP) is 4.79. The largest absolute Gasteiger partial charge is 0.497 e. The van der Waals surface area contributed by atoms with Gasteiger partial charge in [0.2, 0.25) is 5.91 Å². The number of methoxy groups -OCH3 is 1. The summed E-state index contributed by atoms with van der Waals surface area (Å²) >= 11 is 0. The molecular weight excluding hydrogens is 390 g/mol. The van der Waals surface area contributed by atoms with E-state index in [2.05, 4.69) is 9.88 Å². The first-order chi connectivity index (χ1) is 14.9. The number of carbonyl (C=O) groups excluding carboxylic acids is 2. The number of rotatable bonds is 5. The summed E-state index contributed by atoms with van der Waals surface area (Å²) in [6.07, 6.45) is 1.49. The van der Waals surface area contributed by atoms with Crippen molar-refractivity contribution in [1.29, 1.82) is 0 Å². The zero-order valence-corrected chi connectivity index (χ0v) is 18.4. The molecule has 1 saturated heterocycles. The van der Waals surface area contributed by atoms with Gasteiger partial charge in [-0.15, -0.1) is 0 Å². The Morgan fingerprint density at radius 3 is 2.39 bits per heavy atom. The van der Waals surface area contributed by atoms with E-state index in [0.29, 0.717) is 17.7 Å². The fourth-order valence-corrected chi connectivity index (χ4v) is 4.26. The van der Waals surface area contributed by atoms with Crippen molar-refractivity contribution in [2.24, 2.45) is 0 Å². The second kappa shape index (κ2) is 8.30. The Hall–Kier alpha value is -3.54. The molecule has 160 valence electrons. The van der Waals surface area contributed by atoms with Crippen LogP contribution in [0.4, 0.5) is 11.4 Å². The first-order valence-electron chi connectivity index (χ1n) is 10.4. The first kappa shape index (κ1) is 20.7. The van der Waals surface area contributed by atoms with Crippen LogP contribution >= 0.6 is 0 Å². The van der Waals surface area contributed by atoms with Gasteiger partial charge in [-0.3, -0.25) is 9.59 Å². The van der Waals surface area contributed by atoms with Gasteiger partial charge in [0.1, 0.15) is 5.75 Å². The Labute approximate surface area is 182 Å². The molecule has 6 heteroatoms. The molecule has 1 aromatic heterocycles. The van der Waals surface area contributed by atoms with E-state index in [0.717, 1.165) is 47.0 Å². The lowest BCUT2D eigenvalue weighted by molar-refractivity contribution is -0.117. The minimum atomic E-state index is -0.155. The van der Waals surface area contributed by atoms with E-state index in [-0.39, 0.29) is 11.8 Å². The molecule has 2 heterocycles. The molecule has 0 unspecified atom stereocenters. The topological polar surface area (TPSA) is 63.6 Å². The van der Waals surface area contributed by atoms with E-state index in [9.17, 15) is 9.59 Å². The van der Waals surface area contributed by atoms with Crippen molar-refractivity contribution >= 4 is 23.2 Å². The van der Waals surface area contributed by atoms with Gasteiger partial charge in [-0.25, -0.2) is 0 Å². The molecule has 0 saturated carbocycles. The predicted molar refractivity (Wildman–Crippen MR) is 123 cm³/mol. The van der Waals surface area contributed by atoms with E-state index < -0.39 is 0 Å². The van der Waals surface area contributed by atoms with E-state index >= 15 is 0 Å². The van der Waals surface area contributed by atoms with Gasteiger partial charge in [0.05, 0.1) is 12.7 Å². The summed E-state index contributed by atoms with van der Waals surface area (Å²) in [7, 11) is 1.64. The lowest BCUT2D eigenvalue weighted by Crippen LogP contribution is -2.24. The van der Waals surface area contributed by atoms with Crippen molar-refractivity contribution in [3.63, 3.8) is 0 Å². The lowest BCUT2D eigenvalue weighted by atomic mass is 10.1. The third-order valence-electron chi connectivity index (χ3n) is 5.83. The van der Waals surface area contributed by atoms with E-state index in [1.807, 2.05) is 74.2 Å². The average molecular weight is 418 g/mol. The number of amides is 2. The fourth-order valence-electron chi connectivity index (χ4n) is 4.26. The smallest absolute Gasteiger partial charge is 0.257 e. The molecule has 6 nitrogen and oxygen atoms in total. The van der Waals surface area contributed by atoms with Gasteiger partial charge >= 0.3 is 0 Å². The highest BCUT2D eigenvalue weighted by Crippen LogP contribution is 2.28. The summed E-state index contributed by atoms with van der Waals surface area (Å²) in [5, 5.41) is 3.00. The second-order valence-electron chi connectivity index (χ2n) is 7.92.